The molecule has 0 aliphatic rings. The van der Waals surface area contributed by atoms with Crippen molar-refractivity contribution >= 4 is 5.97 Å². The Bertz CT molecular complexity index is 471. The van der Waals surface area contributed by atoms with E-state index < -0.39 is 5.97 Å². The van der Waals surface area contributed by atoms with Crippen LogP contribution in [0, 0.1) is 0 Å². The van der Waals surface area contributed by atoms with Gasteiger partial charge in [0.1, 0.15) is 0 Å². The van der Waals surface area contributed by atoms with Crippen molar-refractivity contribution < 1.29 is 9.90 Å². The Hall–Kier alpha value is -2.04. The van der Waals surface area contributed by atoms with E-state index in [1.165, 1.54) is 0 Å². The number of carboxylic acid groups (broad SMARTS) is 1. The first-order valence-corrected chi connectivity index (χ1v) is 4.54. The summed E-state index contributed by atoms with van der Waals surface area (Å²) in [5.74, 6) is -0.870. The first-order chi connectivity index (χ1) is 7.16. The van der Waals surface area contributed by atoms with Gasteiger partial charge in [-0.15, -0.1) is 0 Å². The summed E-state index contributed by atoms with van der Waals surface area (Å²) in [7, 11) is 1.78. The van der Waals surface area contributed by atoms with Crippen molar-refractivity contribution in [3.63, 3.8) is 0 Å². The molecule has 2 heterocycles. The molecule has 5 heteroatoms. The van der Waals surface area contributed by atoms with E-state index >= 15 is 0 Å². The van der Waals surface area contributed by atoms with Gasteiger partial charge in [0.05, 0.1) is 12.1 Å². The quantitative estimate of drug-likeness (QED) is 0.786. The summed E-state index contributed by atoms with van der Waals surface area (Å²) >= 11 is 0. The van der Waals surface area contributed by atoms with Crippen LogP contribution in [-0.2, 0) is 18.3 Å². The molecule has 2 aromatic rings. The van der Waals surface area contributed by atoms with Crippen LogP contribution in [0.5, 0.6) is 0 Å². The number of nitrogens with one attached hydrogen (secondary N) is 1. The highest BCUT2D eigenvalue weighted by Gasteiger charge is 2.12. The Labute approximate surface area is 86.4 Å². The molecule has 0 saturated heterocycles. The van der Waals surface area contributed by atoms with Crippen molar-refractivity contribution in [2.75, 3.05) is 0 Å². The molecular weight excluding hydrogens is 194 g/mol. The second kappa shape index (κ2) is 3.61. The second-order valence-corrected chi connectivity index (χ2v) is 3.33. The van der Waals surface area contributed by atoms with Gasteiger partial charge >= 0.3 is 5.97 Å². The predicted octanol–water partition coefficient (Wildman–Crippen LogP) is 1.04. The van der Waals surface area contributed by atoms with Gasteiger partial charge in [0.25, 0.3) is 0 Å². The Kier molecular flexibility index (Phi) is 2.29. The van der Waals surface area contributed by atoms with Crippen LogP contribution in [-0.4, -0.2) is 25.8 Å². The predicted molar refractivity (Wildman–Crippen MR) is 54.3 cm³/mol. The number of carbonyl (C=O) groups is 1. The lowest BCUT2D eigenvalue weighted by molar-refractivity contribution is -0.136. The maximum Gasteiger partial charge on any atom is 0.309 e. The zero-order valence-corrected chi connectivity index (χ0v) is 8.27. The number of hydrogen-bond donors (Lipinski definition) is 2. The zero-order chi connectivity index (χ0) is 10.8. The van der Waals surface area contributed by atoms with Crippen LogP contribution in [0.1, 0.15) is 5.69 Å². The van der Waals surface area contributed by atoms with Gasteiger partial charge < -0.3 is 10.1 Å². The molecule has 2 aromatic heterocycles. The molecular formula is C10H11N3O2. The lowest BCUT2D eigenvalue weighted by Gasteiger charge is -1.95. The van der Waals surface area contributed by atoms with Crippen molar-refractivity contribution in [3.8, 4) is 11.1 Å². The van der Waals surface area contributed by atoms with Crippen molar-refractivity contribution in [1.82, 2.24) is 14.8 Å². The van der Waals surface area contributed by atoms with Crippen molar-refractivity contribution in [3.05, 3.63) is 30.4 Å². The van der Waals surface area contributed by atoms with Gasteiger partial charge in [0.2, 0.25) is 0 Å². The minimum absolute atomic E-state index is 0.0542. The first-order valence-electron chi connectivity index (χ1n) is 4.54. The summed E-state index contributed by atoms with van der Waals surface area (Å²) in [6, 6.07) is 1.89. The Morgan fingerprint density at radius 2 is 2.47 bits per heavy atom. The highest BCUT2D eigenvalue weighted by Crippen LogP contribution is 2.22. The van der Waals surface area contributed by atoms with E-state index in [2.05, 4.69) is 10.1 Å². The lowest BCUT2D eigenvalue weighted by Crippen LogP contribution is -2.02. The minimum Gasteiger partial charge on any atom is -0.481 e. The monoisotopic (exact) mass is 205 g/mol. The van der Waals surface area contributed by atoms with Crippen LogP contribution < -0.4 is 0 Å². The third kappa shape index (κ3) is 1.90. The number of aliphatic carboxylic acids is 1. The fourth-order valence-corrected chi connectivity index (χ4v) is 1.54. The van der Waals surface area contributed by atoms with Crippen molar-refractivity contribution in [2.45, 2.75) is 6.42 Å². The van der Waals surface area contributed by atoms with E-state index in [0.717, 1.165) is 11.1 Å². The summed E-state index contributed by atoms with van der Waals surface area (Å²) in [5, 5.41) is 12.9. The molecule has 0 atom stereocenters. The third-order valence-corrected chi connectivity index (χ3v) is 2.13. The first kappa shape index (κ1) is 9.51. The molecule has 0 aromatic carbocycles. The summed E-state index contributed by atoms with van der Waals surface area (Å²) in [6.07, 6.45) is 5.39. The van der Waals surface area contributed by atoms with Crippen LogP contribution in [0.15, 0.2) is 24.7 Å². The summed E-state index contributed by atoms with van der Waals surface area (Å²) < 4.78 is 1.63. The second-order valence-electron chi connectivity index (χ2n) is 3.33. The van der Waals surface area contributed by atoms with E-state index in [9.17, 15) is 4.79 Å². The smallest absolute Gasteiger partial charge is 0.309 e. The topological polar surface area (TPSA) is 70.9 Å². The van der Waals surface area contributed by atoms with Crippen LogP contribution in [0.25, 0.3) is 11.1 Å². The van der Waals surface area contributed by atoms with E-state index in [-0.39, 0.29) is 6.42 Å². The van der Waals surface area contributed by atoms with Gasteiger partial charge in [-0.05, 0) is 6.07 Å². The molecule has 0 fully saturated rings. The van der Waals surface area contributed by atoms with Gasteiger partial charge in [0.15, 0.2) is 0 Å². The number of nitrogens with zero attached hydrogens (tertiary/aromatic N) is 2. The largest absolute Gasteiger partial charge is 0.481 e. The van der Waals surface area contributed by atoms with Gasteiger partial charge in [-0.25, -0.2) is 0 Å². The molecule has 5 nitrogen and oxygen atoms in total. The molecule has 0 amide bonds. The van der Waals surface area contributed by atoms with Gasteiger partial charge in [-0.3, -0.25) is 9.48 Å². The summed E-state index contributed by atoms with van der Waals surface area (Å²) in [5.41, 5.74) is 2.41. The number of rotatable bonds is 3. The molecule has 2 rings (SSSR count). The van der Waals surface area contributed by atoms with E-state index in [1.54, 1.807) is 17.9 Å². The number of aromatic nitrogens is 3. The number of aromatic amines is 1. The molecule has 0 radical (unpaired) electrons. The number of hydrogen-bond acceptors (Lipinski definition) is 2. The normalized spacial score (nSPS) is 10.5. The molecule has 78 valence electrons. The standard InChI is InChI=1S/C10H11N3O2/c1-13-6-8(7-2-3-11-5-7)9(12-13)4-10(14)15/h2-3,5-6,11H,4H2,1H3,(H,14,15). The average Bonchev–Trinajstić information content (AvgIpc) is 2.72. The minimum atomic E-state index is -0.870. The molecule has 0 spiro atoms. The molecule has 0 bridgehead atoms. The molecule has 0 saturated carbocycles. The Morgan fingerprint density at radius 1 is 1.67 bits per heavy atom. The maximum absolute atomic E-state index is 10.6. The molecule has 0 unspecified atom stereocenters. The van der Waals surface area contributed by atoms with Crippen LogP contribution in [0.4, 0.5) is 0 Å². The molecule has 0 aliphatic carbocycles. The molecule has 15 heavy (non-hydrogen) atoms. The number of aryl methyl sites for hydroxylation is 1. The van der Waals surface area contributed by atoms with E-state index in [4.69, 9.17) is 5.11 Å². The average molecular weight is 205 g/mol. The Morgan fingerprint density at radius 3 is 3.07 bits per heavy atom. The van der Waals surface area contributed by atoms with Gasteiger partial charge in [-0.2, -0.15) is 5.10 Å². The van der Waals surface area contributed by atoms with Gasteiger partial charge in [-0.1, -0.05) is 0 Å². The fraction of sp³-hybridized carbons (Fsp3) is 0.200. The summed E-state index contributed by atoms with van der Waals surface area (Å²) in [4.78, 5) is 13.6. The van der Waals surface area contributed by atoms with Crippen LogP contribution >= 0.6 is 0 Å². The highest BCUT2D eigenvalue weighted by atomic mass is 16.4. The Balaban J connectivity index is 2.42. The third-order valence-electron chi connectivity index (χ3n) is 2.13. The van der Waals surface area contributed by atoms with Crippen LogP contribution in [0.3, 0.4) is 0 Å². The lowest BCUT2D eigenvalue weighted by atomic mass is 10.1. The van der Waals surface area contributed by atoms with Crippen molar-refractivity contribution in [2.24, 2.45) is 7.05 Å². The fourth-order valence-electron chi connectivity index (χ4n) is 1.54. The van der Waals surface area contributed by atoms with Gasteiger partial charge in [0, 0.05) is 36.8 Å². The highest BCUT2D eigenvalue weighted by molar-refractivity contribution is 5.74. The number of carboxylic acids is 1. The van der Waals surface area contributed by atoms with E-state index in [0.29, 0.717) is 5.69 Å². The van der Waals surface area contributed by atoms with Crippen molar-refractivity contribution in [1.29, 1.82) is 0 Å². The van der Waals surface area contributed by atoms with Crippen LogP contribution in [0.2, 0.25) is 0 Å². The summed E-state index contributed by atoms with van der Waals surface area (Å²) in [6.45, 7) is 0. The SMILES string of the molecule is Cn1cc(-c2cc[nH]c2)c(CC(=O)O)n1. The molecule has 2 N–H and O–H groups in total. The van der Waals surface area contributed by atoms with E-state index in [1.807, 2.05) is 18.5 Å². The maximum atomic E-state index is 10.6. The molecule has 0 aliphatic heterocycles. The zero-order valence-electron chi connectivity index (χ0n) is 8.27. The number of H-pyrrole nitrogens is 1.